The van der Waals surface area contributed by atoms with Crippen LogP contribution in [0, 0.1) is 0 Å². The van der Waals surface area contributed by atoms with Crippen LogP contribution in [0.4, 0.5) is 0 Å². The zero-order valence-corrected chi connectivity index (χ0v) is 17.9. The number of ether oxygens (including phenoxy) is 1. The van der Waals surface area contributed by atoms with E-state index < -0.39 is 0 Å². The summed E-state index contributed by atoms with van der Waals surface area (Å²) >= 11 is 24.4. The molecule has 1 aliphatic rings. The number of nitrogens with zero attached hydrogens (tertiary/aromatic N) is 2. The van der Waals surface area contributed by atoms with Crippen LogP contribution in [-0.4, -0.2) is 54.9 Å². The summed E-state index contributed by atoms with van der Waals surface area (Å²) in [4.78, 5) is 28.8. The fraction of sp³-hybridized carbons (Fsp3) is 0.263. The topological polar surface area (TPSA) is 49.9 Å². The second-order valence-electron chi connectivity index (χ2n) is 6.16. The summed E-state index contributed by atoms with van der Waals surface area (Å²) in [5, 5.41) is 1.09. The summed E-state index contributed by atoms with van der Waals surface area (Å²) in [5.41, 5.74) is 0.719. The van der Waals surface area contributed by atoms with Gasteiger partial charge in [-0.1, -0.05) is 52.5 Å². The summed E-state index contributed by atoms with van der Waals surface area (Å²) in [5.74, 6) is -0.0943. The van der Waals surface area contributed by atoms with Gasteiger partial charge < -0.3 is 14.5 Å². The van der Waals surface area contributed by atoms with Crippen LogP contribution in [0.1, 0.15) is 20.7 Å². The van der Waals surface area contributed by atoms with Gasteiger partial charge in [-0.15, -0.1) is 0 Å². The molecule has 0 atom stereocenters. The molecule has 0 radical (unpaired) electrons. The zero-order valence-electron chi connectivity index (χ0n) is 14.8. The number of benzene rings is 2. The highest BCUT2D eigenvalue weighted by atomic mass is 35.5. The summed E-state index contributed by atoms with van der Waals surface area (Å²) in [6.45, 7) is 1.52. The predicted molar refractivity (Wildman–Crippen MR) is 111 cm³/mol. The highest BCUT2D eigenvalue weighted by Gasteiger charge is 2.27. The molecule has 148 valence electrons. The maximum atomic E-state index is 12.8. The lowest BCUT2D eigenvalue weighted by atomic mass is 10.1. The van der Waals surface area contributed by atoms with Crippen molar-refractivity contribution < 1.29 is 14.3 Å². The van der Waals surface area contributed by atoms with Gasteiger partial charge in [-0.2, -0.15) is 0 Å². The van der Waals surface area contributed by atoms with Crippen molar-refractivity contribution in [3.05, 3.63) is 61.5 Å². The van der Waals surface area contributed by atoms with Crippen molar-refractivity contribution in [3.8, 4) is 5.75 Å². The van der Waals surface area contributed by atoms with Crippen molar-refractivity contribution >= 4 is 58.2 Å². The molecule has 2 aromatic rings. The van der Waals surface area contributed by atoms with E-state index in [9.17, 15) is 9.59 Å². The molecule has 1 heterocycles. The number of hydrogen-bond donors (Lipinski definition) is 0. The van der Waals surface area contributed by atoms with Crippen LogP contribution in [-0.2, 0) is 0 Å². The van der Waals surface area contributed by atoms with Crippen molar-refractivity contribution in [1.29, 1.82) is 0 Å². The normalized spacial score (nSPS) is 14.2. The highest BCUT2D eigenvalue weighted by molar-refractivity contribution is 6.43. The summed E-state index contributed by atoms with van der Waals surface area (Å²) in [6, 6.07) is 7.99. The molecule has 1 aliphatic heterocycles. The number of rotatable bonds is 3. The van der Waals surface area contributed by atoms with Crippen LogP contribution in [0.15, 0.2) is 30.3 Å². The number of amides is 2. The van der Waals surface area contributed by atoms with Crippen LogP contribution in [0.3, 0.4) is 0 Å². The maximum absolute atomic E-state index is 12.8. The van der Waals surface area contributed by atoms with Crippen LogP contribution < -0.4 is 4.74 Å². The number of methoxy groups -OCH3 is 1. The van der Waals surface area contributed by atoms with E-state index in [1.807, 2.05) is 0 Å². The van der Waals surface area contributed by atoms with Gasteiger partial charge in [0.15, 0.2) is 5.75 Å². The first-order valence-corrected chi connectivity index (χ1v) is 9.90. The summed E-state index contributed by atoms with van der Waals surface area (Å²) in [7, 11) is 1.46. The Kier molecular flexibility index (Phi) is 6.61. The van der Waals surface area contributed by atoms with Gasteiger partial charge in [0.1, 0.15) is 0 Å². The van der Waals surface area contributed by atoms with Crippen molar-refractivity contribution in [3.63, 3.8) is 0 Å². The number of piperazine rings is 1. The molecule has 0 aliphatic carbocycles. The Morgan fingerprint density at radius 1 is 0.857 bits per heavy atom. The van der Waals surface area contributed by atoms with Gasteiger partial charge in [0.2, 0.25) is 0 Å². The fourth-order valence-corrected chi connectivity index (χ4v) is 4.04. The lowest BCUT2D eigenvalue weighted by molar-refractivity contribution is 0.0535. The Balaban J connectivity index is 1.69. The Morgan fingerprint density at radius 2 is 1.39 bits per heavy atom. The lowest BCUT2D eigenvalue weighted by Crippen LogP contribution is -2.50. The van der Waals surface area contributed by atoms with Crippen LogP contribution >= 0.6 is 46.4 Å². The Bertz CT molecular complexity index is 904. The van der Waals surface area contributed by atoms with Crippen LogP contribution in [0.2, 0.25) is 20.1 Å². The molecule has 28 heavy (non-hydrogen) atoms. The molecule has 1 saturated heterocycles. The largest absolute Gasteiger partial charge is 0.494 e. The molecule has 0 unspecified atom stereocenters. The van der Waals surface area contributed by atoms with E-state index in [4.69, 9.17) is 51.1 Å². The number of halogens is 4. The fourth-order valence-electron chi connectivity index (χ4n) is 3.01. The predicted octanol–water partition coefficient (Wildman–Crippen LogP) is 4.91. The Labute approximate surface area is 182 Å². The molecule has 0 spiro atoms. The molecule has 0 aromatic heterocycles. The average Bonchev–Trinajstić information content (AvgIpc) is 2.69. The molecular formula is C19H16Cl4N2O3. The van der Waals surface area contributed by atoms with E-state index >= 15 is 0 Å². The molecule has 9 heteroatoms. The SMILES string of the molecule is COc1c(Cl)cc(C(=O)N2CCN(C(=O)c3cccc(Cl)c3Cl)CC2)cc1Cl. The molecular weight excluding hydrogens is 446 g/mol. The standard InChI is InChI=1S/C19H16Cl4N2O3/c1-28-17-14(21)9-11(10-15(17)22)18(26)24-5-7-25(8-6-24)19(27)12-3-2-4-13(20)16(12)23/h2-4,9-10H,5-8H2,1H3. The smallest absolute Gasteiger partial charge is 0.255 e. The van der Waals surface area contributed by atoms with E-state index in [0.717, 1.165) is 0 Å². The molecule has 2 amide bonds. The molecule has 0 bridgehead atoms. The number of carbonyl (C=O) groups excluding carboxylic acids is 2. The van der Waals surface area contributed by atoms with E-state index in [1.165, 1.54) is 19.2 Å². The van der Waals surface area contributed by atoms with Gasteiger partial charge in [-0.3, -0.25) is 9.59 Å². The second kappa shape index (κ2) is 8.78. The van der Waals surface area contributed by atoms with Crippen molar-refractivity contribution in [2.45, 2.75) is 0 Å². The first kappa shape index (κ1) is 21.1. The second-order valence-corrected chi connectivity index (χ2v) is 7.76. The first-order chi connectivity index (χ1) is 13.3. The van der Waals surface area contributed by atoms with Crippen LogP contribution in [0.5, 0.6) is 5.75 Å². The van der Waals surface area contributed by atoms with Crippen molar-refractivity contribution in [1.82, 2.24) is 9.80 Å². The highest BCUT2D eigenvalue weighted by Crippen LogP contribution is 2.34. The van der Waals surface area contributed by atoms with Crippen molar-refractivity contribution in [2.24, 2.45) is 0 Å². The zero-order chi connectivity index (χ0) is 20.4. The summed E-state index contributed by atoms with van der Waals surface area (Å²) < 4.78 is 5.10. The van der Waals surface area contributed by atoms with Crippen molar-refractivity contribution in [2.75, 3.05) is 33.3 Å². The molecule has 5 nitrogen and oxygen atoms in total. The lowest BCUT2D eigenvalue weighted by Gasteiger charge is -2.35. The van der Waals surface area contributed by atoms with Gasteiger partial charge in [0.05, 0.1) is 32.8 Å². The quantitative estimate of drug-likeness (QED) is 0.652. The molecule has 3 rings (SSSR count). The van der Waals surface area contributed by atoms with Gasteiger partial charge >= 0.3 is 0 Å². The maximum Gasteiger partial charge on any atom is 0.255 e. The van der Waals surface area contributed by atoms with Gasteiger partial charge in [-0.05, 0) is 24.3 Å². The Hall–Kier alpha value is -1.66. The summed E-state index contributed by atoms with van der Waals surface area (Å²) in [6.07, 6.45) is 0. The number of carbonyl (C=O) groups is 2. The van der Waals surface area contributed by atoms with E-state index in [-0.39, 0.29) is 26.9 Å². The Morgan fingerprint density at radius 3 is 1.93 bits per heavy atom. The molecule has 1 fully saturated rings. The third-order valence-electron chi connectivity index (χ3n) is 4.49. The third kappa shape index (κ3) is 4.18. The number of hydrogen-bond acceptors (Lipinski definition) is 3. The minimum Gasteiger partial charge on any atom is -0.494 e. The molecule has 2 aromatic carbocycles. The van der Waals surface area contributed by atoms with E-state index in [1.54, 1.807) is 28.0 Å². The van der Waals surface area contributed by atoms with Crippen LogP contribution in [0.25, 0.3) is 0 Å². The van der Waals surface area contributed by atoms with E-state index in [2.05, 4.69) is 0 Å². The van der Waals surface area contributed by atoms with Gasteiger partial charge in [-0.25, -0.2) is 0 Å². The first-order valence-electron chi connectivity index (χ1n) is 8.39. The van der Waals surface area contributed by atoms with Gasteiger partial charge in [0.25, 0.3) is 11.8 Å². The minimum absolute atomic E-state index is 0.209. The van der Waals surface area contributed by atoms with E-state index in [0.29, 0.717) is 48.1 Å². The monoisotopic (exact) mass is 460 g/mol. The third-order valence-corrected chi connectivity index (χ3v) is 5.87. The van der Waals surface area contributed by atoms with Gasteiger partial charge in [0, 0.05) is 31.7 Å². The minimum atomic E-state index is -0.213. The molecule has 0 N–H and O–H groups in total. The molecule has 0 saturated carbocycles. The average molecular weight is 462 g/mol.